The van der Waals surface area contributed by atoms with Gasteiger partial charge in [-0.1, -0.05) is 42.5 Å². The Balaban J connectivity index is 1.34. The summed E-state index contributed by atoms with van der Waals surface area (Å²) in [5.41, 5.74) is 1.33. The number of halogens is 1. The largest absolute Gasteiger partial charge is 0.462 e. The maximum absolute atomic E-state index is 16.3. The van der Waals surface area contributed by atoms with Gasteiger partial charge >= 0.3 is 6.01 Å². The second kappa shape index (κ2) is 9.19. The van der Waals surface area contributed by atoms with E-state index in [0.717, 1.165) is 61.7 Å². The highest BCUT2D eigenvalue weighted by Crippen LogP contribution is 2.36. The Morgan fingerprint density at radius 3 is 2.62 bits per heavy atom. The highest BCUT2D eigenvalue weighted by Gasteiger charge is 2.34. The molecule has 3 atom stereocenters. The van der Waals surface area contributed by atoms with Crippen LogP contribution in [0, 0.1) is 5.82 Å². The normalized spacial score (nSPS) is 23.8. The Kier molecular flexibility index (Phi) is 5.66. The van der Waals surface area contributed by atoms with E-state index in [0.29, 0.717) is 41.6 Å². The standard InChI is InChI=1S/C29H31FN6O/c1-35-13-5-8-21(35)17-37-29-33-27-24(28(34-29)36-15-19-11-12-20(16-36)32-19)14-31-26(25(27)30)23-10-4-7-18-6-2-3-9-22(18)23/h2-4,6-7,9-10,14,19-21,32H,5,8,11-13,15-17H2,1H3/t19?,20?,21-/m0/s1. The number of benzene rings is 2. The van der Waals surface area contributed by atoms with Crippen molar-refractivity contribution in [1.29, 1.82) is 0 Å². The number of fused-ring (bicyclic) bond motifs is 4. The van der Waals surface area contributed by atoms with Crippen molar-refractivity contribution in [3.63, 3.8) is 0 Å². The zero-order valence-electron chi connectivity index (χ0n) is 21.0. The number of likely N-dealkylation sites (N-methyl/N-ethyl adjacent to an activating group) is 1. The fraction of sp³-hybridized carbons (Fsp3) is 0.414. The van der Waals surface area contributed by atoms with Gasteiger partial charge in [0.05, 0.1) is 5.39 Å². The molecule has 2 aromatic carbocycles. The number of hydrogen-bond donors (Lipinski definition) is 1. The summed E-state index contributed by atoms with van der Waals surface area (Å²) >= 11 is 0. The Labute approximate surface area is 215 Å². The average Bonchev–Trinajstić information content (AvgIpc) is 3.50. The predicted molar refractivity (Wildman–Crippen MR) is 144 cm³/mol. The lowest BCUT2D eigenvalue weighted by Gasteiger charge is -2.34. The fourth-order valence-electron chi connectivity index (χ4n) is 6.28. The van der Waals surface area contributed by atoms with Crippen LogP contribution in [0.5, 0.6) is 6.01 Å². The smallest absolute Gasteiger partial charge is 0.319 e. The molecule has 4 aromatic rings. The molecule has 3 saturated heterocycles. The van der Waals surface area contributed by atoms with Crippen LogP contribution in [0.4, 0.5) is 10.2 Å². The van der Waals surface area contributed by atoms with Crippen molar-refractivity contribution in [3.05, 3.63) is 54.5 Å². The van der Waals surface area contributed by atoms with E-state index >= 15 is 4.39 Å². The van der Waals surface area contributed by atoms with Gasteiger partial charge < -0.3 is 19.9 Å². The molecule has 3 aliphatic rings. The van der Waals surface area contributed by atoms with Crippen LogP contribution in [0.25, 0.3) is 32.9 Å². The third kappa shape index (κ3) is 4.08. The number of piperazine rings is 1. The molecule has 2 unspecified atom stereocenters. The zero-order chi connectivity index (χ0) is 24.9. The van der Waals surface area contributed by atoms with Gasteiger partial charge in [0.25, 0.3) is 0 Å². The van der Waals surface area contributed by atoms with E-state index in [9.17, 15) is 0 Å². The van der Waals surface area contributed by atoms with E-state index in [1.54, 1.807) is 6.20 Å². The summed E-state index contributed by atoms with van der Waals surface area (Å²) in [6.45, 7) is 3.23. The molecule has 7 rings (SSSR count). The minimum atomic E-state index is -0.432. The molecule has 3 aliphatic heterocycles. The minimum Gasteiger partial charge on any atom is -0.462 e. The highest BCUT2D eigenvalue weighted by molar-refractivity contribution is 5.99. The molecule has 2 aromatic heterocycles. The zero-order valence-corrected chi connectivity index (χ0v) is 21.0. The summed E-state index contributed by atoms with van der Waals surface area (Å²) in [7, 11) is 2.12. The van der Waals surface area contributed by atoms with Crippen LogP contribution >= 0.6 is 0 Å². The van der Waals surface area contributed by atoms with Crippen molar-refractivity contribution in [2.24, 2.45) is 0 Å². The molecular weight excluding hydrogens is 467 g/mol. The lowest BCUT2D eigenvalue weighted by atomic mass is 10.0. The summed E-state index contributed by atoms with van der Waals surface area (Å²) < 4.78 is 22.5. The molecule has 37 heavy (non-hydrogen) atoms. The van der Waals surface area contributed by atoms with Gasteiger partial charge in [-0.15, -0.1) is 0 Å². The topological polar surface area (TPSA) is 66.4 Å². The SMILES string of the molecule is CN1CCC[C@H]1COc1nc(N2CC3CCC(C2)N3)c2cnc(-c3cccc4ccccc34)c(F)c2n1. The molecule has 0 spiro atoms. The maximum Gasteiger partial charge on any atom is 0.319 e. The highest BCUT2D eigenvalue weighted by atomic mass is 19.1. The molecule has 8 heteroatoms. The van der Waals surface area contributed by atoms with Crippen molar-refractivity contribution < 1.29 is 9.13 Å². The van der Waals surface area contributed by atoms with Gasteiger partial charge in [0, 0.05) is 43.0 Å². The first-order chi connectivity index (χ1) is 18.1. The number of pyridine rings is 1. The minimum absolute atomic E-state index is 0.239. The van der Waals surface area contributed by atoms with Gasteiger partial charge in [0.2, 0.25) is 0 Å². The molecule has 2 bridgehead atoms. The Hall–Kier alpha value is -3.36. The van der Waals surface area contributed by atoms with Crippen molar-refractivity contribution in [3.8, 4) is 17.3 Å². The van der Waals surface area contributed by atoms with Crippen LogP contribution in [-0.4, -0.2) is 71.3 Å². The van der Waals surface area contributed by atoms with E-state index < -0.39 is 5.82 Å². The molecule has 7 nitrogen and oxygen atoms in total. The first-order valence-electron chi connectivity index (χ1n) is 13.3. The van der Waals surface area contributed by atoms with Gasteiger partial charge in [-0.2, -0.15) is 9.97 Å². The van der Waals surface area contributed by atoms with Crippen molar-refractivity contribution in [2.45, 2.75) is 43.8 Å². The van der Waals surface area contributed by atoms with Gasteiger partial charge in [-0.25, -0.2) is 4.39 Å². The summed E-state index contributed by atoms with van der Waals surface area (Å²) in [4.78, 5) is 18.7. The lowest BCUT2D eigenvalue weighted by Crippen LogP contribution is -2.51. The van der Waals surface area contributed by atoms with E-state index in [1.807, 2.05) is 42.5 Å². The fourth-order valence-corrected chi connectivity index (χ4v) is 6.28. The maximum atomic E-state index is 16.3. The van der Waals surface area contributed by atoms with E-state index in [2.05, 4.69) is 32.1 Å². The molecule has 3 fully saturated rings. The van der Waals surface area contributed by atoms with Crippen molar-refractivity contribution in [2.75, 3.05) is 38.2 Å². The van der Waals surface area contributed by atoms with E-state index in [-0.39, 0.29) is 11.5 Å². The number of aromatic nitrogens is 3. The molecule has 190 valence electrons. The second-order valence-electron chi connectivity index (χ2n) is 10.7. The Morgan fingerprint density at radius 2 is 1.81 bits per heavy atom. The van der Waals surface area contributed by atoms with Crippen LogP contribution in [0.2, 0.25) is 0 Å². The summed E-state index contributed by atoms with van der Waals surface area (Å²) in [5.74, 6) is 0.285. The monoisotopic (exact) mass is 498 g/mol. The molecule has 0 saturated carbocycles. The molecular formula is C29H31FN6O. The van der Waals surface area contributed by atoms with Crippen LogP contribution in [0.1, 0.15) is 25.7 Å². The quantitative estimate of drug-likeness (QED) is 0.438. The number of nitrogens with one attached hydrogen (secondary N) is 1. The summed E-state index contributed by atoms with van der Waals surface area (Å²) in [6.07, 6.45) is 6.29. The van der Waals surface area contributed by atoms with E-state index in [4.69, 9.17) is 9.72 Å². The molecule has 0 radical (unpaired) electrons. The summed E-state index contributed by atoms with van der Waals surface area (Å²) in [5, 5.41) is 6.31. The van der Waals surface area contributed by atoms with Crippen LogP contribution < -0.4 is 15.0 Å². The predicted octanol–water partition coefficient (Wildman–Crippen LogP) is 4.40. The summed E-state index contributed by atoms with van der Waals surface area (Å²) in [6, 6.07) is 15.3. The Morgan fingerprint density at radius 1 is 1.00 bits per heavy atom. The van der Waals surface area contributed by atoms with Gasteiger partial charge in [-0.3, -0.25) is 4.98 Å². The third-order valence-corrected chi connectivity index (χ3v) is 8.28. The number of rotatable bonds is 5. The van der Waals surface area contributed by atoms with Gasteiger partial charge in [-0.05, 0) is 50.0 Å². The van der Waals surface area contributed by atoms with Crippen LogP contribution in [0.3, 0.4) is 0 Å². The van der Waals surface area contributed by atoms with Crippen molar-refractivity contribution >= 4 is 27.5 Å². The number of ether oxygens (including phenoxy) is 1. The van der Waals surface area contributed by atoms with Crippen LogP contribution in [-0.2, 0) is 0 Å². The third-order valence-electron chi connectivity index (χ3n) is 8.28. The lowest BCUT2D eigenvalue weighted by molar-refractivity contribution is 0.188. The first-order valence-corrected chi connectivity index (χ1v) is 13.3. The Bertz CT molecular complexity index is 1460. The molecule has 1 N–H and O–H groups in total. The number of hydrogen-bond acceptors (Lipinski definition) is 7. The molecule has 0 amide bonds. The van der Waals surface area contributed by atoms with Crippen molar-refractivity contribution in [1.82, 2.24) is 25.2 Å². The number of likely N-dealkylation sites (tertiary alicyclic amines) is 1. The van der Waals surface area contributed by atoms with E-state index in [1.165, 1.54) is 0 Å². The average molecular weight is 499 g/mol. The van der Waals surface area contributed by atoms with Gasteiger partial charge in [0.15, 0.2) is 5.82 Å². The first kappa shape index (κ1) is 22.8. The van der Waals surface area contributed by atoms with Crippen LogP contribution in [0.15, 0.2) is 48.7 Å². The molecule has 5 heterocycles. The van der Waals surface area contributed by atoms with Gasteiger partial charge in [0.1, 0.15) is 23.6 Å². The number of nitrogens with zero attached hydrogens (tertiary/aromatic N) is 5. The number of anilines is 1. The second-order valence-corrected chi connectivity index (χ2v) is 10.7. The molecule has 0 aliphatic carbocycles.